The average Bonchev–Trinajstić information content (AvgIpc) is 2.51. The van der Waals surface area contributed by atoms with Crippen molar-refractivity contribution in [3.63, 3.8) is 0 Å². The van der Waals surface area contributed by atoms with Crippen LogP contribution in [0.1, 0.15) is 54.1 Å². The molecule has 0 saturated carbocycles. The van der Waals surface area contributed by atoms with Gasteiger partial charge in [-0.2, -0.15) is 0 Å². The van der Waals surface area contributed by atoms with Gasteiger partial charge in [-0.05, 0) is 73.9 Å². The SMILES string of the molecule is Cc1ccc(CCc2ccc(C)c(C)c2C=O)c(C=O)c1C. The number of hydrogen-bond acceptors (Lipinski definition) is 2. The van der Waals surface area contributed by atoms with Gasteiger partial charge in [0.1, 0.15) is 0 Å². The summed E-state index contributed by atoms with van der Waals surface area (Å²) >= 11 is 0. The van der Waals surface area contributed by atoms with Crippen LogP contribution in [0.25, 0.3) is 0 Å². The Kier molecular flexibility index (Phi) is 4.92. The van der Waals surface area contributed by atoms with Crippen LogP contribution in [0, 0.1) is 27.7 Å². The van der Waals surface area contributed by atoms with Crippen LogP contribution in [-0.4, -0.2) is 12.6 Å². The second-order valence-corrected chi connectivity index (χ2v) is 5.90. The first-order valence-electron chi connectivity index (χ1n) is 7.58. The fourth-order valence-electron chi connectivity index (χ4n) is 2.82. The highest BCUT2D eigenvalue weighted by molar-refractivity contribution is 5.81. The van der Waals surface area contributed by atoms with Crippen LogP contribution in [-0.2, 0) is 12.8 Å². The summed E-state index contributed by atoms with van der Waals surface area (Å²) in [6.45, 7) is 7.99. The normalized spacial score (nSPS) is 10.5. The van der Waals surface area contributed by atoms with Crippen molar-refractivity contribution < 1.29 is 9.59 Å². The number of carbonyl (C=O) groups is 2. The Morgan fingerprint density at radius 2 is 1.05 bits per heavy atom. The highest BCUT2D eigenvalue weighted by Gasteiger charge is 2.11. The number of carbonyl (C=O) groups excluding carboxylic acids is 2. The molecule has 0 fully saturated rings. The van der Waals surface area contributed by atoms with Gasteiger partial charge in [-0.1, -0.05) is 24.3 Å². The summed E-state index contributed by atoms with van der Waals surface area (Å²) in [7, 11) is 0. The van der Waals surface area contributed by atoms with E-state index in [4.69, 9.17) is 0 Å². The summed E-state index contributed by atoms with van der Waals surface area (Å²) in [4.78, 5) is 22.8. The third-order valence-corrected chi connectivity index (χ3v) is 4.65. The van der Waals surface area contributed by atoms with Crippen molar-refractivity contribution in [2.45, 2.75) is 40.5 Å². The smallest absolute Gasteiger partial charge is 0.150 e. The lowest BCUT2D eigenvalue weighted by molar-refractivity contribution is 0.111. The van der Waals surface area contributed by atoms with Crippen molar-refractivity contribution in [2.24, 2.45) is 0 Å². The van der Waals surface area contributed by atoms with E-state index in [0.29, 0.717) is 0 Å². The maximum absolute atomic E-state index is 11.4. The molecule has 0 radical (unpaired) electrons. The number of aldehydes is 2. The lowest BCUT2D eigenvalue weighted by Gasteiger charge is -2.13. The van der Waals surface area contributed by atoms with Crippen LogP contribution in [0.2, 0.25) is 0 Å². The summed E-state index contributed by atoms with van der Waals surface area (Å²) in [5, 5.41) is 0. The van der Waals surface area contributed by atoms with Crippen LogP contribution in [0.3, 0.4) is 0 Å². The first-order valence-corrected chi connectivity index (χ1v) is 7.58. The minimum Gasteiger partial charge on any atom is -0.298 e. The van der Waals surface area contributed by atoms with Crippen LogP contribution in [0.5, 0.6) is 0 Å². The summed E-state index contributed by atoms with van der Waals surface area (Å²) in [6, 6.07) is 8.15. The Hall–Kier alpha value is -2.22. The molecular weight excluding hydrogens is 272 g/mol. The van der Waals surface area contributed by atoms with Gasteiger partial charge in [0.15, 0.2) is 12.6 Å². The zero-order valence-electron chi connectivity index (χ0n) is 13.7. The van der Waals surface area contributed by atoms with E-state index in [1.807, 2.05) is 39.8 Å². The molecule has 2 aromatic carbocycles. The third-order valence-electron chi connectivity index (χ3n) is 4.65. The van der Waals surface area contributed by atoms with E-state index < -0.39 is 0 Å². The highest BCUT2D eigenvalue weighted by Crippen LogP contribution is 2.21. The molecule has 2 heteroatoms. The monoisotopic (exact) mass is 294 g/mol. The summed E-state index contributed by atoms with van der Waals surface area (Å²) in [5.74, 6) is 0. The minimum atomic E-state index is 0.762. The Morgan fingerprint density at radius 1 is 0.682 bits per heavy atom. The van der Waals surface area contributed by atoms with E-state index in [1.54, 1.807) is 0 Å². The quantitative estimate of drug-likeness (QED) is 0.769. The molecule has 0 amide bonds. The predicted octanol–water partition coefficient (Wildman–Crippen LogP) is 4.33. The number of hydrogen-bond donors (Lipinski definition) is 0. The lowest BCUT2D eigenvalue weighted by Crippen LogP contribution is -2.03. The molecule has 0 aliphatic carbocycles. The van der Waals surface area contributed by atoms with Gasteiger partial charge in [-0.15, -0.1) is 0 Å². The van der Waals surface area contributed by atoms with Gasteiger partial charge in [0.25, 0.3) is 0 Å². The van der Waals surface area contributed by atoms with Crippen molar-refractivity contribution in [2.75, 3.05) is 0 Å². The Morgan fingerprint density at radius 3 is 1.36 bits per heavy atom. The minimum absolute atomic E-state index is 0.762. The molecule has 0 atom stereocenters. The van der Waals surface area contributed by atoms with E-state index >= 15 is 0 Å². The van der Waals surface area contributed by atoms with Crippen LogP contribution in [0.4, 0.5) is 0 Å². The van der Waals surface area contributed by atoms with Crippen molar-refractivity contribution in [3.8, 4) is 0 Å². The predicted molar refractivity (Wildman–Crippen MR) is 90.0 cm³/mol. The van der Waals surface area contributed by atoms with Gasteiger partial charge in [0, 0.05) is 11.1 Å². The van der Waals surface area contributed by atoms with Gasteiger partial charge in [0.05, 0.1) is 0 Å². The number of rotatable bonds is 5. The molecular formula is C20H22O2. The molecule has 0 spiro atoms. The Labute approximate surface area is 132 Å². The average molecular weight is 294 g/mol. The molecule has 2 nitrogen and oxygen atoms in total. The second-order valence-electron chi connectivity index (χ2n) is 5.90. The molecule has 0 bridgehead atoms. The summed E-state index contributed by atoms with van der Waals surface area (Å²) < 4.78 is 0. The molecule has 0 unspecified atom stereocenters. The van der Waals surface area contributed by atoms with Gasteiger partial charge >= 0.3 is 0 Å². The highest BCUT2D eigenvalue weighted by atomic mass is 16.1. The maximum Gasteiger partial charge on any atom is 0.150 e. The van der Waals surface area contributed by atoms with Gasteiger partial charge in [0.2, 0.25) is 0 Å². The van der Waals surface area contributed by atoms with E-state index in [1.165, 1.54) is 0 Å². The Bertz CT molecular complexity index is 663. The van der Waals surface area contributed by atoms with Gasteiger partial charge in [-0.3, -0.25) is 9.59 Å². The van der Waals surface area contributed by atoms with E-state index in [0.717, 1.165) is 69.9 Å². The Balaban J connectivity index is 2.32. The van der Waals surface area contributed by atoms with Crippen LogP contribution >= 0.6 is 0 Å². The zero-order chi connectivity index (χ0) is 16.3. The van der Waals surface area contributed by atoms with Crippen LogP contribution in [0.15, 0.2) is 24.3 Å². The molecule has 0 aliphatic rings. The summed E-state index contributed by atoms with van der Waals surface area (Å²) in [6.07, 6.45) is 3.41. The molecule has 114 valence electrons. The van der Waals surface area contributed by atoms with Crippen molar-refractivity contribution in [1.29, 1.82) is 0 Å². The molecule has 2 aromatic rings. The van der Waals surface area contributed by atoms with Gasteiger partial charge in [-0.25, -0.2) is 0 Å². The van der Waals surface area contributed by atoms with Gasteiger partial charge < -0.3 is 0 Å². The number of benzene rings is 2. The fraction of sp³-hybridized carbons (Fsp3) is 0.300. The zero-order valence-corrected chi connectivity index (χ0v) is 13.7. The van der Waals surface area contributed by atoms with Crippen molar-refractivity contribution >= 4 is 12.6 Å². The largest absolute Gasteiger partial charge is 0.298 e. The molecule has 0 heterocycles. The molecule has 2 rings (SSSR count). The summed E-state index contributed by atoms with van der Waals surface area (Å²) in [5.41, 5.74) is 8.02. The standard InChI is InChI=1S/C20H22O2/c1-13-5-7-17(19(11-21)15(13)3)9-10-18-8-6-14(2)16(4)20(18)12-22/h5-8,11-12H,9-10H2,1-4H3. The van der Waals surface area contributed by atoms with Crippen molar-refractivity contribution in [3.05, 3.63) is 68.8 Å². The van der Waals surface area contributed by atoms with Crippen LogP contribution < -0.4 is 0 Å². The van der Waals surface area contributed by atoms with E-state index in [9.17, 15) is 9.59 Å². The third kappa shape index (κ3) is 3.01. The van der Waals surface area contributed by atoms with E-state index in [2.05, 4.69) is 12.1 Å². The molecule has 0 aliphatic heterocycles. The molecule has 0 saturated heterocycles. The second kappa shape index (κ2) is 6.69. The first-order chi connectivity index (χ1) is 10.5. The first kappa shape index (κ1) is 16.2. The topological polar surface area (TPSA) is 34.1 Å². The molecule has 22 heavy (non-hydrogen) atoms. The fourth-order valence-corrected chi connectivity index (χ4v) is 2.82. The maximum atomic E-state index is 11.4. The molecule has 0 aromatic heterocycles. The number of aryl methyl sites for hydroxylation is 4. The van der Waals surface area contributed by atoms with Crippen molar-refractivity contribution in [1.82, 2.24) is 0 Å². The van der Waals surface area contributed by atoms with E-state index in [-0.39, 0.29) is 0 Å². The lowest BCUT2D eigenvalue weighted by atomic mass is 9.91. The molecule has 0 N–H and O–H groups in total.